The highest BCUT2D eigenvalue weighted by Crippen LogP contribution is 2.27. The number of hydrogen-bond donors (Lipinski definition) is 1. The molecule has 1 amide bonds. The van der Waals surface area contributed by atoms with Crippen molar-refractivity contribution in [2.45, 2.75) is 26.8 Å². The monoisotopic (exact) mass is 492 g/mol. The van der Waals surface area contributed by atoms with Crippen molar-refractivity contribution < 1.29 is 28.2 Å². The Morgan fingerprint density at radius 2 is 1.86 bits per heavy atom. The van der Waals surface area contributed by atoms with Crippen molar-refractivity contribution in [3.8, 4) is 23.0 Å². The molecule has 0 aliphatic rings. The largest absolute Gasteiger partial charge is 0.494 e. The number of carbonyl (C=O) groups excluding carboxylic acids is 2. The van der Waals surface area contributed by atoms with Crippen LogP contribution in [-0.4, -0.2) is 53.0 Å². The van der Waals surface area contributed by atoms with E-state index >= 15 is 0 Å². The van der Waals surface area contributed by atoms with E-state index in [1.54, 1.807) is 41.2 Å². The summed E-state index contributed by atoms with van der Waals surface area (Å²) in [5, 5.41) is 7.57. The Morgan fingerprint density at radius 3 is 2.53 bits per heavy atom. The Balaban J connectivity index is 1.34. The minimum atomic E-state index is -0.653. The molecule has 10 nitrogen and oxygen atoms in total. The van der Waals surface area contributed by atoms with Gasteiger partial charge in [-0.3, -0.25) is 4.79 Å². The molecule has 3 heterocycles. The summed E-state index contributed by atoms with van der Waals surface area (Å²) in [5.74, 6) is 0.842. The first-order chi connectivity index (χ1) is 17.5. The smallest absolute Gasteiger partial charge is 0.339 e. The highest BCUT2D eigenvalue weighted by molar-refractivity contribution is 6.04. The second-order valence-electron chi connectivity index (χ2n) is 8.13. The molecular formula is C26H28N4O6. The van der Waals surface area contributed by atoms with Crippen molar-refractivity contribution in [2.75, 3.05) is 26.4 Å². The quantitative estimate of drug-likeness (QED) is 0.246. The second-order valence-corrected chi connectivity index (χ2v) is 8.13. The van der Waals surface area contributed by atoms with Crippen LogP contribution in [0.15, 0.2) is 59.3 Å². The number of fused-ring (bicyclic) bond motifs is 1. The van der Waals surface area contributed by atoms with Crippen LogP contribution in [0.2, 0.25) is 0 Å². The standard InChI is InChI=1S/C26H28N4O6/c1-4-33-18-7-9-19(10-8-18)34-13-11-27-24(31)16-36-26(32)20-14-22(23-6-5-12-35-23)29-25-21(20)15-28-30(25)17(2)3/h5-10,12,14-15,17H,4,11,13,16H2,1-3H3,(H,27,31). The van der Waals surface area contributed by atoms with Gasteiger partial charge in [0.15, 0.2) is 18.0 Å². The van der Waals surface area contributed by atoms with Crippen molar-refractivity contribution in [1.29, 1.82) is 0 Å². The predicted molar refractivity (Wildman–Crippen MR) is 132 cm³/mol. The van der Waals surface area contributed by atoms with Gasteiger partial charge in [0.1, 0.15) is 23.8 Å². The number of nitrogens with zero attached hydrogens (tertiary/aromatic N) is 3. The number of nitrogens with one attached hydrogen (secondary N) is 1. The predicted octanol–water partition coefficient (Wildman–Crippen LogP) is 4.02. The Bertz CT molecular complexity index is 1310. The van der Waals surface area contributed by atoms with Crippen molar-refractivity contribution in [2.24, 2.45) is 0 Å². The lowest BCUT2D eigenvalue weighted by atomic mass is 10.1. The SMILES string of the molecule is CCOc1ccc(OCCNC(=O)COC(=O)c2cc(-c3ccco3)nc3c2cnn3C(C)C)cc1. The van der Waals surface area contributed by atoms with Crippen LogP contribution in [-0.2, 0) is 9.53 Å². The fourth-order valence-electron chi connectivity index (χ4n) is 3.53. The minimum Gasteiger partial charge on any atom is -0.494 e. The maximum absolute atomic E-state index is 12.9. The third-order valence-electron chi connectivity index (χ3n) is 5.21. The molecule has 0 atom stereocenters. The van der Waals surface area contributed by atoms with Crippen LogP contribution < -0.4 is 14.8 Å². The summed E-state index contributed by atoms with van der Waals surface area (Å²) in [7, 11) is 0. The molecule has 4 aromatic rings. The summed E-state index contributed by atoms with van der Waals surface area (Å²) in [6.07, 6.45) is 3.10. The highest BCUT2D eigenvalue weighted by atomic mass is 16.5. The van der Waals surface area contributed by atoms with Crippen LogP contribution in [0.25, 0.3) is 22.5 Å². The molecule has 0 aliphatic carbocycles. The normalized spacial score (nSPS) is 11.0. The van der Waals surface area contributed by atoms with Gasteiger partial charge in [-0.05, 0) is 63.2 Å². The van der Waals surface area contributed by atoms with Gasteiger partial charge in [-0.1, -0.05) is 0 Å². The lowest BCUT2D eigenvalue weighted by Gasteiger charge is -2.11. The maximum Gasteiger partial charge on any atom is 0.339 e. The molecule has 1 N–H and O–H groups in total. The van der Waals surface area contributed by atoms with Gasteiger partial charge in [0.05, 0.1) is 36.6 Å². The van der Waals surface area contributed by atoms with E-state index in [0.717, 1.165) is 5.75 Å². The number of esters is 1. The molecule has 0 unspecified atom stereocenters. The number of rotatable bonds is 11. The zero-order valence-electron chi connectivity index (χ0n) is 20.4. The number of ether oxygens (including phenoxy) is 3. The number of furan rings is 1. The van der Waals surface area contributed by atoms with Crippen molar-refractivity contribution in [3.05, 3.63) is 60.5 Å². The van der Waals surface area contributed by atoms with Crippen LogP contribution in [0.1, 0.15) is 37.2 Å². The molecule has 0 saturated carbocycles. The molecule has 0 fully saturated rings. The van der Waals surface area contributed by atoms with Gasteiger partial charge in [-0.2, -0.15) is 5.10 Å². The number of benzene rings is 1. The van der Waals surface area contributed by atoms with Crippen LogP contribution in [0.5, 0.6) is 11.5 Å². The number of amides is 1. The van der Waals surface area contributed by atoms with Crippen molar-refractivity contribution >= 4 is 22.9 Å². The molecule has 36 heavy (non-hydrogen) atoms. The topological polar surface area (TPSA) is 118 Å². The Kier molecular flexibility index (Phi) is 7.84. The lowest BCUT2D eigenvalue weighted by molar-refractivity contribution is -0.124. The van der Waals surface area contributed by atoms with Crippen LogP contribution in [0.3, 0.4) is 0 Å². The zero-order valence-corrected chi connectivity index (χ0v) is 20.4. The van der Waals surface area contributed by atoms with Gasteiger partial charge >= 0.3 is 5.97 Å². The van der Waals surface area contributed by atoms with Gasteiger partial charge in [-0.15, -0.1) is 0 Å². The molecule has 0 bridgehead atoms. The summed E-state index contributed by atoms with van der Waals surface area (Å²) in [4.78, 5) is 29.8. The molecular weight excluding hydrogens is 464 g/mol. The molecule has 188 valence electrons. The van der Waals surface area contributed by atoms with Gasteiger partial charge in [0, 0.05) is 6.04 Å². The van der Waals surface area contributed by atoms with E-state index in [4.69, 9.17) is 18.6 Å². The fraction of sp³-hybridized carbons (Fsp3) is 0.308. The Hall–Kier alpha value is -4.34. The van der Waals surface area contributed by atoms with Gasteiger partial charge in [0.25, 0.3) is 5.91 Å². The van der Waals surface area contributed by atoms with Gasteiger partial charge < -0.3 is 23.9 Å². The molecule has 4 rings (SSSR count). The first-order valence-corrected chi connectivity index (χ1v) is 11.7. The lowest BCUT2D eigenvalue weighted by Crippen LogP contribution is -2.32. The van der Waals surface area contributed by atoms with Gasteiger partial charge in [-0.25, -0.2) is 14.5 Å². The summed E-state index contributed by atoms with van der Waals surface area (Å²) in [6.45, 7) is 6.54. The summed E-state index contributed by atoms with van der Waals surface area (Å²) >= 11 is 0. The Morgan fingerprint density at radius 1 is 1.11 bits per heavy atom. The van der Waals surface area contributed by atoms with Crippen LogP contribution >= 0.6 is 0 Å². The maximum atomic E-state index is 12.9. The average molecular weight is 493 g/mol. The van der Waals surface area contributed by atoms with Gasteiger partial charge in [0.2, 0.25) is 0 Å². The first-order valence-electron chi connectivity index (χ1n) is 11.7. The molecule has 0 saturated heterocycles. The molecule has 0 radical (unpaired) electrons. The van der Waals surface area contributed by atoms with E-state index < -0.39 is 18.5 Å². The first kappa shape index (κ1) is 24.8. The average Bonchev–Trinajstić information content (AvgIpc) is 3.56. The number of carbonyl (C=O) groups is 2. The molecule has 0 spiro atoms. The molecule has 0 aliphatic heterocycles. The number of hydrogen-bond acceptors (Lipinski definition) is 8. The van der Waals surface area contributed by atoms with E-state index in [1.165, 1.54) is 6.26 Å². The third-order valence-corrected chi connectivity index (χ3v) is 5.21. The molecule has 3 aromatic heterocycles. The number of aromatic nitrogens is 3. The van der Waals surface area contributed by atoms with Crippen LogP contribution in [0, 0.1) is 0 Å². The highest BCUT2D eigenvalue weighted by Gasteiger charge is 2.21. The van der Waals surface area contributed by atoms with Crippen molar-refractivity contribution in [3.63, 3.8) is 0 Å². The molecule has 1 aromatic carbocycles. The third kappa shape index (κ3) is 5.83. The number of pyridine rings is 1. The van der Waals surface area contributed by atoms with E-state index in [0.29, 0.717) is 34.8 Å². The van der Waals surface area contributed by atoms with E-state index in [2.05, 4.69) is 15.4 Å². The zero-order chi connectivity index (χ0) is 25.5. The summed E-state index contributed by atoms with van der Waals surface area (Å²) < 4.78 is 23.5. The Labute approximate surface area is 208 Å². The fourth-order valence-corrected chi connectivity index (χ4v) is 3.53. The summed E-state index contributed by atoms with van der Waals surface area (Å²) in [5.41, 5.74) is 1.25. The molecule has 10 heteroatoms. The summed E-state index contributed by atoms with van der Waals surface area (Å²) in [6, 6.07) is 12.3. The van der Waals surface area contributed by atoms with E-state index in [9.17, 15) is 9.59 Å². The van der Waals surface area contributed by atoms with Crippen LogP contribution in [0.4, 0.5) is 0 Å². The second kappa shape index (κ2) is 11.4. The van der Waals surface area contributed by atoms with E-state index in [1.807, 2.05) is 32.9 Å². The van der Waals surface area contributed by atoms with E-state index in [-0.39, 0.29) is 24.8 Å². The van der Waals surface area contributed by atoms with Crippen molar-refractivity contribution in [1.82, 2.24) is 20.1 Å². The minimum absolute atomic E-state index is 0.0290.